The lowest BCUT2D eigenvalue weighted by Gasteiger charge is -2.07. The minimum Gasteiger partial charge on any atom is -0.323 e. The molecule has 0 N–H and O–H groups in total. The molecule has 0 aromatic carbocycles. The topological polar surface area (TPSA) is 56.5 Å². The summed E-state index contributed by atoms with van der Waals surface area (Å²) in [4.78, 5) is 16.3. The summed E-state index contributed by atoms with van der Waals surface area (Å²) in [5.74, 6) is 0.772. The van der Waals surface area contributed by atoms with Crippen LogP contribution in [0.2, 0.25) is 10.2 Å². The predicted molar refractivity (Wildman–Crippen MR) is 86.3 cm³/mol. The van der Waals surface area contributed by atoms with Crippen molar-refractivity contribution in [1.82, 2.24) is 24.5 Å². The molecule has 5 nitrogen and oxygen atoms in total. The van der Waals surface area contributed by atoms with Crippen LogP contribution < -0.4 is 0 Å². The fraction of sp³-hybridized carbons (Fsp3) is 0.200. The second-order valence-electron chi connectivity index (χ2n) is 5.09. The summed E-state index contributed by atoms with van der Waals surface area (Å²) in [6.45, 7) is 2.05. The molecule has 0 aliphatic rings. The van der Waals surface area contributed by atoms with Gasteiger partial charge in [-0.1, -0.05) is 23.2 Å². The average molecular weight is 370 g/mol. The normalized spacial score (nSPS) is 11.2. The fourth-order valence-corrected chi connectivity index (χ4v) is 2.36. The SMILES string of the molecule is Cc1cnc(Cn2cc(C(F)F)nc2-c2cnc(Cl)c(Cl)c2)nc1. The molecule has 0 aliphatic heterocycles. The number of alkyl halides is 2. The largest absolute Gasteiger partial charge is 0.323 e. The monoisotopic (exact) mass is 369 g/mol. The van der Waals surface area contributed by atoms with Crippen LogP contribution in [0.25, 0.3) is 11.4 Å². The molecule has 0 spiro atoms. The lowest BCUT2D eigenvalue weighted by molar-refractivity contribution is 0.146. The summed E-state index contributed by atoms with van der Waals surface area (Å²) < 4.78 is 27.6. The fourth-order valence-electron chi connectivity index (χ4n) is 2.09. The van der Waals surface area contributed by atoms with Gasteiger partial charge in [-0.15, -0.1) is 0 Å². The van der Waals surface area contributed by atoms with E-state index in [1.165, 1.54) is 23.0 Å². The Morgan fingerprint density at radius 2 is 1.83 bits per heavy atom. The molecule has 3 aromatic rings. The lowest BCUT2D eigenvalue weighted by atomic mass is 10.2. The van der Waals surface area contributed by atoms with Crippen molar-refractivity contribution in [2.75, 3.05) is 0 Å². The van der Waals surface area contributed by atoms with E-state index in [1.54, 1.807) is 12.4 Å². The number of hydrogen-bond acceptors (Lipinski definition) is 4. The Balaban J connectivity index is 2.03. The maximum atomic E-state index is 13.0. The van der Waals surface area contributed by atoms with Crippen LogP contribution in [-0.2, 0) is 6.54 Å². The van der Waals surface area contributed by atoms with Crippen LogP contribution >= 0.6 is 23.2 Å². The number of nitrogens with zero attached hydrogens (tertiary/aromatic N) is 5. The molecule has 0 saturated heterocycles. The Kier molecular flexibility index (Phi) is 4.73. The molecular weight excluding hydrogens is 359 g/mol. The second kappa shape index (κ2) is 6.78. The molecule has 0 atom stereocenters. The first-order chi connectivity index (χ1) is 11.4. The number of imidazole rings is 1. The summed E-state index contributed by atoms with van der Waals surface area (Å²) in [5, 5.41) is 0.350. The molecule has 0 amide bonds. The van der Waals surface area contributed by atoms with Crippen LogP contribution in [-0.4, -0.2) is 24.5 Å². The van der Waals surface area contributed by atoms with Crippen molar-refractivity contribution in [3.8, 4) is 11.4 Å². The maximum absolute atomic E-state index is 13.0. The molecular formula is C15H11Cl2F2N5. The van der Waals surface area contributed by atoms with E-state index in [-0.39, 0.29) is 22.4 Å². The van der Waals surface area contributed by atoms with Crippen LogP contribution in [0, 0.1) is 6.92 Å². The van der Waals surface area contributed by atoms with Crippen molar-refractivity contribution >= 4 is 23.2 Å². The highest BCUT2D eigenvalue weighted by molar-refractivity contribution is 6.41. The minimum absolute atomic E-state index is 0.134. The predicted octanol–water partition coefficient (Wildman–Crippen LogP) is 4.34. The van der Waals surface area contributed by atoms with Crippen LogP contribution in [0.15, 0.2) is 30.9 Å². The van der Waals surface area contributed by atoms with Gasteiger partial charge in [-0.3, -0.25) is 0 Å². The van der Waals surface area contributed by atoms with E-state index in [4.69, 9.17) is 23.2 Å². The van der Waals surface area contributed by atoms with Gasteiger partial charge in [-0.05, 0) is 18.6 Å². The Morgan fingerprint density at radius 1 is 1.12 bits per heavy atom. The summed E-state index contributed by atoms with van der Waals surface area (Å²) in [5.41, 5.74) is 1.04. The number of halogens is 4. The van der Waals surface area contributed by atoms with E-state index in [0.717, 1.165) is 5.56 Å². The number of aromatic nitrogens is 5. The summed E-state index contributed by atoms with van der Waals surface area (Å²) in [6, 6.07) is 1.53. The van der Waals surface area contributed by atoms with Gasteiger partial charge in [-0.25, -0.2) is 28.7 Å². The first kappa shape index (κ1) is 16.7. The van der Waals surface area contributed by atoms with Gasteiger partial charge in [0.25, 0.3) is 6.43 Å². The molecule has 0 aliphatic carbocycles. The molecule has 3 aromatic heterocycles. The van der Waals surface area contributed by atoms with Crippen LogP contribution in [0.3, 0.4) is 0 Å². The van der Waals surface area contributed by atoms with Gasteiger partial charge in [0.2, 0.25) is 0 Å². The quantitative estimate of drug-likeness (QED) is 0.642. The van der Waals surface area contributed by atoms with Crippen molar-refractivity contribution in [3.63, 3.8) is 0 Å². The third kappa shape index (κ3) is 3.52. The molecule has 0 unspecified atom stereocenters. The first-order valence-corrected chi connectivity index (χ1v) is 7.64. The van der Waals surface area contributed by atoms with Crippen LogP contribution in [0.4, 0.5) is 8.78 Å². The molecule has 3 heterocycles. The Morgan fingerprint density at radius 3 is 2.46 bits per heavy atom. The highest BCUT2D eigenvalue weighted by atomic mass is 35.5. The van der Waals surface area contributed by atoms with E-state index in [1.807, 2.05) is 6.92 Å². The Bertz CT molecular complexity index is 865. The summed E-state index contributed by atoms with van der Waals surface area (Å²) in [6.07, 6.45) is 3.32. The third-order valence-corrected chi connectivity index (χ3v) is 3.91. The van der Waals surface area contributed by atoms with Gasteiger partial charge in [0, 0.05) is 30.4 Å². The Labute approximate surface area is 146 Å². The van der Waals surface area contributed by atoms with Crippen molar-refractivity contribution in [2.45, 2.75) is 19.9 Å². The zero-order chi connectivity index (χ0) is 17.3. The second-order valence-corrected chi connectivity index (χ2v) is 5.86. The van der Waals surface area contributed by atoms with Crippen molar-refractivity contribution < 1.29 is 8.78 Å². The van der Waals surface area contributed by atoms with E-state index >= 15 is 0 Å². The van der Waals surface area contributed by atoms with E-state index in [9.17, 15) is 8.78 Å². The zero-order valence-corrected chi connectivity index (χ0v) is 13.9. The molecule has 0 saturated carbocycles. The number of pyridine rings is 1. The van der Waals surface area contributed by atoms with Crippen LogP contribution in [0.1, 0.15) is 23.5 Å². The van der Waals surface area contributed by atoms with Crippen molar-refractivity contribution in [2.24, 2.45) is 0 Å². The molecule has 0 fully saturated rings. The highest BCUT2D eigenvalue weighted by Gasteiger charge is 2.18. The van der Waals surface area contributed by atoms with Gasteiger partial charge >= 0.3 is 0 Å². The number of hydrogen-bond donors (Lipinski definition) is 0. The smallest absolute Gasteiger partial charge is 0.281 e. The van der Waals surface area contributed by atoms with Gasteiger partial charge in [-0.2, -0.15) is 0 Å². The lowest BCUT2D eigenvalue weighted by Crippen LogP contribution is -2.05. The molecule has 3 rings (SSSR count). The highest BCUT2D eigenvalue weighted by Crippen LogP contribution is 2.28. The van der Waals surface area contributed by atoms with E-state index in [2.05, 4.69) is 19.9 Å². The van der Waals surface area contributed by atoms with E-state index in [0.29, 0.717) is 17.2 Å². The molecule has 0 radical (unpaired) electrons. The molecule has 24 heavy (non-hydrogen) atoms. The summed E-state index contributed by atoms with van der Waals surface area (Å²) >= 11 is 11.8. The van der Waals surface area contributed by atoms with Crippen molar-refractivity contribution in [1.29, 1.82) is 0 Å². The zero-order valence-electron chi connectivity index (χ0n) is 12.4. The maximum Gasteiger partial charge on any atom is 0.281 e. The van der Waals surface area contributed by atoms with Crippen molar-refractivity contribution in [3.05, 3.63) is 58.1 Å². The number of aryl methyl sites for hydroxylation is 1. The molecule has 0 bridgehead atoms. The third-order valence-electron chi connectivity index (χ3n) is 3.22. The van der Waals surface area contributed by atoms with Gasteiger partial charge in [0.1, 0.15) is 22.5 Å². The van der Waals surface area contributed by atoms with E-state index < -0.39 is 6.43 Å². The van der Waals surface area contributed by atoms with Gasteiger partial charge in [0.15, 0.2) is 0 Å². The minimum atomic E-state index is -2.69. The molecule has 124 valence electrons. The van der Waals surface area contributed by atoms with Gasteiger partial charge < -0.3 is 4.57 Å². The molecule has 9 heteroatoms. The standard InChI is InChI=1S/C15H11Cl2F2N5/c1-8-3-20-12(21-4-8)7-24-6-11(14(18)19)23-15(24)9-2-10(16)13(17)22-5-9/h2-6,14H,7H2,1H3. The van der Waals surface area contributed by atoms with Crippen LogP contribution in [0.5, 0.6) is 0 Å². The average Bonchev–Trinajstić information content (AvgIpc) is 2.96. The summed E-state index contributed by atoms with van der Waals surface area (Å²) in [7, 11) is 0. The first-order valence-electron chi connectivity index (χ1n) is 6.88. The number of rotatable bonds is 4. The van der Waals surface area contributed by atoms with Gasteiger partial charge in [0.05, 0.1) is 11.6 Å². The Hall–Kier alpha value is -2.12.